The number of aromatic nitrogens is 1. The Morgan fingerprint density at radius 1 is 1.23 bits per heavy atom. The number of benzene rings is 1. The summed E-state index contributed by atoms with van der Waals surface area (Å²) >= 11 is 9.11. The van der Waals surface area contributed by atoms with Crippen molar-refractivity contribution < 1.29 is 14.7 Å². The van der Waals surface area contributed by atoms with Crippen molar-refractivity contribution in [2.45, 2.75) is 32.7 Å². The highest BCUT2D eigenvalue weighted by atomic mass is 79.9. The first-order valence-corrected chi connectivity index (χ1v) is 10.9. The van der Waals surface area contributed by atoms with Crippen LogP contribution in [0.15, 0.2) is 34.9 Å². The third-order valence-corrected chi connectivity index (χ3v) is 5.86. The lowest BCUT2D eigenvalue weighted by atomic mass is 9.95. The Kier molecular flexibility index (Phi) is 9.12. The second-order valence-corrected chi connectivity index (χ2v) is 8.91. The van der Waals surface area contributed by atoms with Crippen LogP contribution in [-0.2, 0) is 4.79 Å². The van der Waals surface area contributed by atoms with E-state index in [0.717, 1.165) is 25.9 Å². The summed E-state index contributed by atoms with van der Waals surface area (Å²) in [7, 11) is 0. The van der Waals surface area contributed by atoms with Crippen molar-refractivity contribution in [3.8, 4) is 5.75 Å². The largest absolute Gasteiger partial charge is 0.506 e. The molecule has 1 aliphatic rings. The van der Waals surface area contributed by atoms with Gasteiger partial charge in [0.25, 0.3) is 5.91 Å². The number of carbonyl (C=O) groups excluding carboxylic acids is 2. The number of piperidine rings is 1. The number of phenolic OH excluding ortho intramolecular Hbond substituents is 1. The summed E-state index contributed by atoms with van der Waals surface area (Å²) < 4.78 is 0.512. The summed E-state index contributed by atoms with van der Waals surface area (Å²) in [5.74, 6) is -0.758. The number of hydrogen-bond donors (Lipinski definition) is 3. The minimum Gasteiger partial charge on any atom is -0.506 e. The van der Waals surface area contributed by atoms with Gasteiger partial charge < -0.3 is 20.6 Å². The predicted octanol–water partition coefficient (Wildman–Crippen LogP) is 4.94. The maximum Gasteiger partial charge on any atom is 0.259 e. The van der Waals surface area contributed by atoms with Crippen LogP contribution in [0.1, 0.15) is 37.0 Å². The molecule has 3 N–H and O–H groups in total. The Balaban J connectivity index is 0.00000341. The van der Waals surface area contributed by atoms with Gasteiger partial charge in [-0.15, -0.1) is 12.4 Å². The third-order valence-electron chi connectivity index (χ3n) is 5.17. The smallest absolute Gasteiger partial charge is 0.259 e. The van der Waals surface area contributed by atoms with Gasteiger partial charge in [-0.05, 0) is 64.0 Å². The number of carbonyl (C=O) groups is 2. The van der Waals surface area contributed by atoms with E-state index in [4.69, 9.17) is 11.6 Å². The summed E-state index contributed by atoms with van der Waals surface area (Å²) in [6.45, 7) is 5.97. The fraction of sp³-hybridized carbons (Fsp3) is 0.381. The molecule has 0 unspecified atom stereocenters. The second-order valence-electron chi connectivity index (χ2n) is 7.56. The number of aromatic hydroxyl groups is 1. The molecule has 2 amide bonds. The number of likely N-dealkylation sites (tertiary alicyclic amines) is 1. The molecule has 10 heteroatoms. The lowest BCUT2D eigenvalue weighted by Crippen LogP contribution is -2.41. The topological polar surface area (TPSA) is 94.6 Å². The van der Waals surface area contributed by atoms with E-state index in [1.807, 2.05) is 0 Å². The number of rotatable bonds is 5. The van der Waals surface area contributed by atoms with Crippen molar-refractivity contribution in [3.05, 3.63) is 45.5 Å². The first-order valence-electron chi connectivity index (χ1n) is 9.75. The molecule has 0 bridgehead atoms. The number of amides is 2. The van der Waals surface area contributed by atoms with Gasteiger partial charge in [0.05, 0.1) is 16.3 Å². The molecule has 3 rings (SSSR count). The van der Waals surface area contributed by atoms with Gasteiger partial charge in [0.1, 0.15) is 11.6 Å². The fourth-order valence-corrected chi connectivity index (χ4v) is 4.00. The van der Waals surface area contributed by atoms with Crippen LogP contribution in [0.5, 0.6) is 5.75 Å². The molecule has 0 radical (unpaired) electrons. The Labute approximate surface area is 201 Å². The van der Waals surface area contributed by atoms with Crippen molar-refractivity contribution >= 4 is 63.3 Å². The molecule has 168 valence electrons. The Morgan fingerprint density at radius 2 is 1.90 bits per heavy atom. The molecule has 0 aliphatic carbocycles. The van der Waals surface area contributed by atoms with Crippen LogP contribution in [0, 0.1) is 5.92 Å². The number of nitrogens with zero attached hydrogens (tertiary/aromatic N) is 2. The van der Waals surface area contributed by atoms with Gasteiger partial charge in [0.15, 0.2) is 0 Å². The van der Waals surface area contributed by atoms with Crippen molar-refractivity contribution in [2.24, 2.45) is 5.92 Å². The lowest BCUT2D eigenvalue weighted by molar-refractivity contribution is -0.121. The van der Waals surface area contributed by atoms with E-state index in [0.29, 0.717) is 21.4 Å². The zero-order valence-electron chi connectivity index (χ0n) is 17.2. The van der Waals surface area contributed by atoms with Gasteiger partial charge in [-0.2, -0.15) is 0 Å². The fourth-order valence-electron chi connectivity index (χ4n) is 3.44. The zero-order valence-corrected chi connectivity index (χ0v) is 20.4. The molecule has 1 aliphatic heterocycles. The van der Waals surface area contributed by atoms with E-state index >= 15 is 0 Å². The van der Waals surface area contributed by atoms with Gasteiger partial charge in [0.2, 0.25) is 5.91 Å². The average Bonchev–Trinajstić information content (AvgIpc) is 2.71. The molecular formula is C21H25BrCl2N4O3. The van der Waals surface area contributed by atoms with Gasteiger partial charge in [-0.25, -0.2) is 4.98 Å². The number of pyridine rings is 1. The maximum atomic E-state index is 12.8. The van der Waals surface area contributed by atoms with Crippen LogP contribution >= 0.6 is 39.9 Å². The first-order chi connectivity index (χ1) is 14.2. The zero-order chi connectivity index (χ0) is 21.8. The highest BCUT2D eigenvalue weighted by molar-refractivity contribution is 9.10. The molecule has 0 saturated carbocycles. The van der Waals surface area contributed by atoms with Crippen LogP contribution < -0.4 is 10.6 Å². The molecule has 0 spiro atoms. The molecule has 2 heterocycles. The highest BCUT2D eigenvalue weighted by Gasteiger charge is 2.28. The molecule has 7 nitrogen and oxygen atoms in total. The highest BCUT2D eigenvalue weighted by Crippen LogP contribution is 2.33. The molecule has 1 aromatic heterocycles. The second kappa shape index (κ2) is 11.1. The standard InChI is InChI=1S/C21H24BrClN4O3.ClH/c1-12(2)27-7-5-13(6-8-27)20(29)26-19-16(9-14(22)10-17(19)28)21(30)25-18-4-3-15(23)11-24-18;/h3-4,9-13,28H,5-8H2,1-2H3,(H,26,29)(H,24,25,30);1H. The van der Waals surface area contributed by atoms with Crippen molar-refractivity contribution in [3.63, 3.8) is 0 Å². The van der Waals surface area contributed by atoms with Crippen LogP contribution in [0.4, 0.5) is 11.5 Å². The number of halogens is 3. The Morgan fingerprint density at radius 3 is 2.48 bits per heavy atom. The van der Waals surface area contributed by atoms with Crippen LogP contribution in [0.25, 0.3) is 0 Å². The summed E-state index contributed by atoms with van der Waals surface area (Å²) in [5, 5.41) is 16.3. The maximum absolute atomic E-state index is 12.8. The SMILES string of the molecule is CC(C)N1CCC(C(=O)Nc2c(O)cc(Br)cc2C(=O)Nc2ccc(Cl)cn2)CC1.Cl. The van der Waals surface area contributed by atoms with Crippen molar-refractivity contribution in [1.29, 1.82) is 0 Å². The van der Waals surface area contributed by atoms with Gasteiger partial charge in [-0.1, -0.05) is 27.5 Å². The van der Waals surface area contributed by atoms with E-state index in [-0.39, 0.29) is 41.2 Å². The van der Waals surface area contributed by atoms with Crippen molar-refractivity contribution in [1.82, 2.24) is 9.88 Å². The van der Waals surface area contributed by atoms with Gasteiger partial charge in [-0.3, -0.25) is 9.59 Å². The van der Waals surface area contributed by atoms with Crippen LogP contribution in [-0.4, -0.2) is 45.9 Å². The van der Waals surface area contributed by atoms with E-state index in [2.05, 4.69) is 50.3 Å². The van der Waals surface area contributed by atoms with E-state index < -0.39 is 5.91 Å². The number of hydrogen-bond acceptors (Lipinski definition) is 5. The Bertz CT molecular complexity index is 933. The quantitative estimate of drug-likeness (QED) is 0.475. The summed E-state index contributed by atoms with van der Waals surface area (Å²) in [6.07, 6.45) is 2.89. The first kappa shape index (κ1) is 25.4. The minimum atomic E-state index is -0.508. The normalized spacial score (nSPS) is 14.7. The molecule has 0 atom stereocenters. The average molecular weight is 532 g/mol. The van der Waals surface area contributed by atoms with Gasteiger partial charge >= 0.3 is 0 Å². The summed E-state index contributed by atoms with van der Waals surface area (Å²) in [4.78, 5) is 32.0. The molecular weight excluding hydrogens is 507 g/mol. The Hall–Kier alpha value is -1.87. The summed E-state index contributed by atoms with van der Waals surface area (Å²) in [5.41, 5.74) is 0.215. The van der Waals surface area contributed by atoms with E-state index in [9.17, 15) is 14.7 Å². The number of anilines is 2. The molecule has 31 heavy (non-hydrogen) atoms. The van der Waals surface area contributed by atoms with E-state index in [1.54, 1.807) is 18.2 Å². The van der Waals surface area contributed by atoms with Crippen LogP contribution in [0.3, 0.4) is 0 Å². The lowest BCUT2D eigenvalue weighted by Gasteiger charge is -2.34. The monoisotopic (exact) mass is 530 g/mol. The molecule has 1 saturated heterocycles. The predicted molar refractivity (Wildman–Crippen MR) is 128 cm³/mol. The van der Waals surface area contributed by atoms with Crippen LogP contribution in [0.2, 0.25) is 5.02 Å². The van der Waals surface area contributed by atoms with E-state index in [1.165, 1.54) is 12.3 Å². The van der Waals surface area contributed by atoms with Gasteiger partial charge in [0, 0.05) is 22.6 Å². The minimum absolute atomic E-state index is 0. The number of nitrogens with one attached hydrogen (secondary N) is 2. The summed E-state index contributed by atoms with van der Waals surface area (Å²) in [6, 6.07) is 6.60. The third kappa shape index (κ3) is 6.55. The molecule has 1 aromatic carbocycles. The molecule has 2 aromatic rings. The number of phenols is 1. The molecule has 1 fully saturated rings. The van der Waals surface area contributed by atoms with Crippen molar-refractivity contribution in [2.75, 3.05) is 23.7 Å².